The van der Waals surface area contributed by atoms with Crippen LogP contribution in [0.4, 0.5) is 11.6 Å². The van der Waals surface area contributed by atoms with Crippen LogP contribution in [0.2, 0.25) is 0 Å². The first-order chi connectivity index (χ1) is 10.1. The molecule has 0 aliphatic heterocycles. The molecule has 1 aromatic heterocycles. The van der Waals surface area contributed by atoms with Gasteiger partial charge in [0.2, 0.25) is 5.91 Å². The molecule has 0 aliphatic rings. The van der Waals surface area contributed by atoms with Crippen LogP contribution in [0, 0.1) is 6.92 Å². The first-order valence-corrected chi connectivity index (χ1v) is 7.12. The Morgan fingerprint density at radius 1 is 1.38 bits per heavy atom. The summed E-state index contributed by atoms with van der Waals surface area (Å²) < 4.78 is 4.90. The number of methoxy groups -OCH3 is 1. The van der Waals surface area contributed by atoms with Gasteiger partial charge in [-0.3, -0.25) is 4.79 Å². The van der Waals surface area contributed by atoms with Gasteiger partial charge in [-0.15, -0.1) is 0 Å². The number of carbonyl (C=O) groups is 1. The number of likely N-dealkylation sites (N-methyl/N-ethyl adjacent to an activating group) is 1. The highest BCUT2D eigenvalue weighted by Crippen LogP contribution is 2.20. The third-order valence-electron chi connectivity index (χ3n) is 2.97. The summed E-state index contributed by atoms with van der Waals surface area (Å²) in [4.78, 5) is 22.1. The van der Waals surface area contributed by atoms with Gasteiger partial charge >= 0.3 is 0 Å². The first-order valence-electron chi connectivity index (χ1n) is 7.12. The van der Waals surface area contributed by atoms with Gasteiger partial charge in [0.1, 0.15) is 18.0 Å². The molecule has 1 aromatic rings. The first kappa shape index (κ1) is 17.2. The van der Waals surface area contributed by atoms with Crippen LogP contribution in [0.5, 0.6) is 0 Å². The zero-order chi connectivity index (χ0) is 15.7. The minimum atomic E-state index is -0.0596. The number of anilines is 2. The van der Waals surface area contributed by atoms with Crippen molar-refractivity contribution >= 4 is 17.5 Å². The van der Waals surface area contributed by atoms with Gasteiger partial charge in [0.05, 0.1) is 13.2 Å². The predicted molar refractivity (Wildman–Crippen MR) is 83.7 cm³/mol. The van der Waals surface area contributed by atoms with E-state index in [0.717, 1.165) is 30.2 Å². The Hall–Kier alpha value is -1.89. The molecule has 0 bridgehead atoms. The lowest BCUT2D eigenvalue weighted by Crippen LogP contribution is -2.37. The van der Waals surface area contributed by atoms with Crippen molar-refractivity contribution in [3.63, 3.8) is 0 Å². The number of amides is 1. The van der Waals surface area contributed by atoms with E-state index in [1.54, 1.807) is 7.11 Å². The van der Waals surface area contributed by atoms with Crippen LogP contribution in [-0.4, -0.2) is 56.3 Å². The Morgan fingerprint density at radius 3 is 2.81 bits per heavy atom. The van der Waals surface area contributed by atoms with E-state index in [9.17, 15) is 4.79 Å². The van der Waals surface area contributed by atoms with Gasteiger partial charge in [0.15, 0.2) is 0 Å². The van der Waals surface area contributed by atoms with Gasteiger partial charge < -0.3 is 20.3 Å². The van der Waals surface area contributed by atoms with E-state index in [1.807, 2.05) is 18.9 Å². The molecule has 0 saturated heterocycles. The minimum Gasteiger partial charge on any atom is -0.383 e. The minimum absolute atomic E-state index is 0.0596. The molecule has 1 heterocycles. The van der Waals surface area contributed by atoms with Crippen molar-refractivity contribution in [1.82, 2.24) is 15.3 Å². The zero-order valence-electron chi connectivity index (χ0n) is 13.3. The molecule has 0 radical (unpaired) electrons. The molecule has 1 amide bonds. The van der Waals surface area contributed by atoms with E-state index in [-0.39, 0.29) is 12.5 Å². The number of ether oxygens (including phenoxy) is 1. The van der Waals surface area contributed by atoms with E-state index in [0.29, 0.717) is 13.2 Å². The van der Waals surface area contributed by atoms with E-state index in [1.165, 1.54) is 6.33 Å². The molecule has 2 N–H and O–H groups in total. The maximum absolute atomic E-state index is 11.8. The summed E-state index contributed by atoms with van der Waals surface area (Å²) >= 11 is 0. The SMILES string of the molecule is CCCNc1ncnc(N(C)CC(=O)NCCOC)c1C. The van der Waals surface area contributed by atoms with Crippen molar-refractivity contribution in [2.24, 2.45) is 0 Å². The van der Waals surface area contributed by atoms with Crippen molar-refractivity contribution in [3.05, 3.63) is 11.9 Å². The van der Waals surface area contributed by atoms with Crippen LogP contribution < -0.4 is 15.5 Å². The number of aromatic nitrogens is 2. The van der Waals surface area contributed by atoms with Crippen LogP contribution in [-0.2, 0) is 9.53 Å². The Bertz CT molecular complexity index is 453. The molecule has 21 heavy (non-hydrogen) atoms. The lowest BCUT2D eigenvalue weighted by atomic mass is 10.3. The second-order valence-electron chi connectivity index (χ2n) is 4.80. The maximum atomic E-state index is 11.8. The molecule has 0 unspecified atom stereocenters. The van der Waals surface area contributed by atoms with Gasteiger partial charge in [0.25, 0.3) is 0 Å². The summed E-state index contributed by atoms with van der Waals surface area (Å²) in [7, 11) is 3.45. The molecule has 7 nitrogen and oxygen atoms in total. The number of hydrogen-bond acceptors (Lipinski definition) is 6. The van der Waals surface area contributed by atoms with Crippen molar-refractivity contribution in [2.45, 2.75) is 20.3 Å². The highest BCUT2D eigenvalue weighted by Gasteiger charge is 2.13. The average molecular weight is 295 g/mol. The zero-order valence-corrected chi connectivity index (χ0v) is 13.3. The summed E-state index contributed by atoms with van der Waals surface area (Å²) in [5.74, 6) is 1.51. The lowest BCUT2D eigenvalue weighted by molar-refractivity contribution is -0.119. The summed E-state index contributed by atoms with van der Waals surface area (Å²) in [5, 5.41) is 6.05. The van der Waals surface area contributed by atoms with Crippen molar-refractivity contribution in [2.75, 3.05) is 50.6 Å². The fourth-order valence-corrected chi connectivity index (χ4v) is 1.89. The van der Waals surface area contributed by atoms with Gasteiger partial charge in [-0.05, 0) is 13.3 Å². The van der Waals surface area contributed by atoms with E-state index in [2.05, 4.69) is 27.5 Å². The quantitative estimate of drug-likeness (QED) is 0.656. The smallest absolute Gasteiger partial charge is 0.239 e. The van der Waals surface area contributed by atoms with Gasteiger partial charge in [-0.1, -0.05) is 6.92 Å². The third-order valence-corrected chi connectivity index (χ3v) is 2.97. The Morgan fingerprint density at radius 2 is 2.14 bits per heavy atom. The monoisotopic (exact) mass is 295 g/mol. The standard InChI is InChI=1S/C14H25N5O2/c1-5-6-16-13-11(2)14(18-10-17-13)19(3)9-12(20)15-7-8-21-4/h10H,5-9H2,1-4H3,(H,15,20)(H,16,17,18). The molecule has 7 heteroatoms. The molecule has 118 valence electrons. The lowest BCUT2D eigenvalue weighted by Gasteiger charge is -2.20. The highest BCUT2D eigenvalue weighted by molar-refractivity contribution is 5.81. The number of hydrogen-bond donors (Lipinski definition) is 2. The molecular weight excluding hydrogens is 270 g/mol. The van der Waals surface area contributed by atoms with Crippen molar-refractivity contribution in [3.8, 4) is 0 Å². The Balaban J connectivity index is 2.64. The van der Waals surface area contributed by atoms with Crippen LogP contribution >= 0.6 is 0 Å². The average Bonchev–Trinajstić information content (AvgIpc) is 2.46. The molecule has 0 fully saturated rings. The number of carbonyl (C=O) groups excluding carboxylic acids is 1. The highest BCUT2D eigenvalue weighted by atomic mass is 16.5. The Labute approximate surface area is 126 Å². The van der Waals surface area contributed by atoms with Gasteiger partial charge in [-0.2, -0.15) is 0 Å². The summed E-state index contributed by atoms with van der Waals surface area (Å²) in [6.45, 7) is 6.17. The molecule has 0 saturated carbocycles. The Kier molecular flexibility index (Phi) is 7.45. The number of rotatable bonds is 9. The van der Waals surface area contributed by atoms with E-state index < -0.39 is 0 Å². The van der Waals surface area contributed by atoms with Crippen LogP contribution in [0.1, 0.15) is 18.9 Å². The van der Waals surface area contributed by atoms with E-state index >= 15 is 0 Å². The van der Waals surface area contributed by atoms with Gasteiger partial charge in [0, 0.05) is 32.8 Å². The summed E-state index contributed by atoms with van der Waals surface area (Å²) in [6.07, 6.45) is 2.54. The topological polar surface area (TPSA) is 79.4 Å². The van der Waals surface area contributed by atoms with E-state index in [4.69, 9.17) is 4.74 Å². The molecule has 0 aliphatic carbocycles. The van der Waals surface area contributed by atoms with Crippen molar-refractivity contribution < 1.29 is 9.53 Å². The normalized spacial score (nSPS) is 10.3. The molecule has 1 rings (SSSR count). The third kappa shape index (κ3) is 5.55. The second kappa shape index (κ2) is 9.12. The molecule has 0 aromatic carbocycles. The molecule has 0 atom stereocenters. The maximum Gasteiger partial charge on any atom is 0.239 e. The summed E-state index contributed by atoms with van der Waals surface area (Å²) in [6, 6.07) is 0. The van der Waals surface area contributed by atoms with Crippen LogP contribution in [0.25, 0.3) is 0 Å². The van der Waals surface area contributed by atoms with Gasteiger partial charge in [-0.25, -0.2) is 9.97 Å². The largest absolute Gasteiger partial charge is 0.383 e. The molecular formula is C14H25N5O2. The van der Waals surface area contributed by atoms with Crippen LogP contribution in [0.3, 0.4) is 0 Å². The number of nitrogens with zero attached hydrogens (tertiary/aromatic N) is 3. The number of nitrogens with one attached hydrogen (secondary N) is 2. The van der Waals surface area contributed by atoms with Crippen molar-refractivity contribution in [1.29, 1.82) is 0 Å². The fourth-order valence-electron chi connectivity index (χ4n) is 1.89. The summed E-state index contributed by atoms with van der Waals surface area (Å²) in [5.41, 5.74) is 0.943. The van der Waals surface area contributed by atoms with Crippen LogP contribution in [0.15, 0.2) is 6.33 Å². The predicted octanol–water partition coefficient (Wildman–Crippen LogP) is 0.806. The molecule has 0 spiro atoms. The second-order valence-corrected chi connectivity index (χ2v) is 4.80. The fraction of sp³-hybridized carbons (Fsp3) is 0.643.